The van der Waals surface area contributed by atoms with E-state index in [1.54, 1.807) is 0 Å². The SMILES string of the molecule is CCC(C)n1ccc(CC(CO)c2cccc(C)c2)n1. The Bertz CT molecular complexity index is 547. The van der Waals surface area contributed by atoms with Crippen LogP contribution >= 0.6 is 0 Å². The molecule has 2 rings (SSSR count). The van der Waals surface area contributed by atoms with E-state index in [0.29, 0.717) is 6.04 Å². The Labute approximate surface area is 121 Å². The first-order valence-electron chi connectivity index (χ1n) is 7.35. The lowest BCUT2D eigenvalue weighted by molar-refractivity contribution is 0.263. The molecule has 0 fully saturated rings. The fourth-order valence-corrected chi connectivity index (χ4v) is 2.38. The minimum Gasteiger partial charge on any atom is -0.396 e. The fourth-order valence-electron chi connectivity index (χ4n) is 2.38. The molecular weight excluding hydrogens is 248 g/mol. The smallest absolute Gasteiger partial charge is 0.0631 e. The molecule has 1 aromatic heterocycles. The molecule has 1 N–H and O–H groups in total. The van der Waals surface area contributed by atoms with Crippen molar-refractivity contribution >= 4 is 0 Å². The second-order valence-corrected chi connectivity index (χ2v) is 5.54. The number of aliphatic hydroxyl groups is 1. The number of nitrogens with zero attached hydrogens (tertiary/aromatic N) is 2. The van der Waals surface area contributed by atoms with Gasteiger partial charge in [-0.2, -0.15) is 5.10 Å². The molecule has 108 valence electrons. The Hall–Kier alpha value is -1.61. The predicted octanol–water partition coefficient (Wildman–Crippen LogP) is 3.48. The second-order valence-electron chi connectivity index (χ2n) is 5.54. The quantitative estimate of drug-likeness (QED) is 0.874. The molecule has 0 aliphatic heterocycles. The van der Waals surface area contributed by atoms with Crippen LogP contribution in [0.4, 0.5) is 0 Å². The summed E-state index contributed by atoms with van der Waals surface area (Å²) >= 11 is 0. The Morgan fingerprint density at radius 3 is 2.75 bits per heavy atom. The Morgan fingerprint density at radius 2 is 2.10 bits per heavy atom. The van der Waals surface area contributed by atoms with Crippen molar-refractivity contribution in [2.24, 2.45) is 0 Å². The number of aliphatic hydroxyl groups excluding tert-OH is 1. The summed E-state index contributed by atoms with van der Waals surface area (Å²) in [5.74, 6) is 0.121. The van der Waals surface area contributed by atoms with Crippen molar-refractivity contribution < 1.29 is 5.11 Å². The van der Waals surface area contributed by atoms with Gasteiger partial charge in [0.2, 0.25) is 0 Å². The van der Waals surface area contributed by atoms with Crippen LogP contribution in [0.15, 0.2) is 36.5 Å². The minimum atomic E-state index is 0.121. The third-order valence-electron chi connectivity index (χ3n) is 3.90. The highest BCUT2D eigenvalue weighted by Gasteiger charge is 2.14. The van der Waals surface area contributed by atoms with E-state index in [9.17, 15) is 5.11 Å². The van der Waals surface area contributed by atoms with E-state index in [1.165, 1.54) is 11.1 Å². The number of benzene rings is 1. The maximum atomic E-state index is 9.66. The number of hydrogen-bond donors (Lipinski definition) is 1. The number of aryl methyl sites for hydroxylation is 1. The number of rotatable bonds is 6. The van der Waals surface area contributed by atoms with E-state index in [1.807, 2.05) is 16.9 Å². The molecule has 3 nitrogen and oxygen atoms in total. The summed E-state index contributed by atoms with van der Waals surface area (Å²) in [5, 5.41) is 14.3. The molecule has 0 saturated carbocycles. The Morgan fingerprint density at radius 1 is 1.30 bits per heavy atom. The van der Waals surface area contributed by atoms with Gasteiger partial charge in [0.1, 0.15) is 0 Å². The number of hydrogen-bond acceptors (Lipinski definition) is 2. The molecule has 2 aromatic rings. The maximum Gasteiger partial charge on any atom is 0.0631 e. The lowest BCUT2D eigenvalue weighted by Crippen LogP contribution is -2.10. The molecule has 0 saturated heterocycles. The summed E-state index contributed by atoms with van der Waals surface area (Å²) < 4.78 is 2.01. The van der Waals surface area contributed by atoms with Gasteiger partial charge in [0.05, 0.1) is 12.3 Å². The van der Waals surface area contributed by atoms with Crippen LogP contribution in [-0.4, -0.2) is 21.5 Å². The summed E-state index contributed by atoms with van der Waals surface area (Å²) in [5.41, 5.74) is 3.46. The molecule has 0 bridgehead atoms. The molecule has 1 aromatic carbocycles. The van der Waals surface area contributed by atoms with Crippen LogP contribution < -0.4 is 0 Å². The van der Waals surface area contributed by atoms with E-state index in [2.05, 4.69) is 50.1 Å². The molecule has 0 amide bonds. The van der Waals surface area contributed by atoms with Crippen LogP contribution in [0.2, 0.25) is 0 Å². The minimum absolute atomic E-state index is 0.121. The van der Waals surface area contributed by atoms with Gasteiger partial charge >= 0.3 is 0 Å². The van der Waals surface area contributed by atoms with Gasteiger partial charge < -0.3 is 5.11 Å². The second kappa shape index (κ2) is 6.71. The molecular formula is C17H24N2O. The lowest BCUT2D eigenvalue weighted by Gasteiger charge is -2.14. The van der Waals surface area contributed by atoms with Crippen LogP contribution in [0, 0.1) is 6.92 Å². The van der Waals surface area contributed by atoms with Gasteiger partial charge in [-0.15, -0.1) is 0 Å². The Kier molecular flexibility index (Phi) is 4.96. The first-order valence-corrected chi connectivity index (χ1v) is 7.35. The fraction of sp³-hybridized carbons (Fsp3) is 0.471. The van der Waals surface area contributed by atoms with Gasteiger partial charge in [0, 0.05) is 24.6 Å². The molecule has 20 heavy (non-hydrogen) atoms. The van der Waals surface area contributed by atoms with Crippen molar-refractivity contribution in [2.75, 3.05) is 6.61 Å². The zero-order chi connectivity index (χ0) is 14.5. The van der Waals surface area contributed by atoms with E-state index >= 15 is 0 Å². The molecule has 2 atom stereocenters. The van der Waals surface area contributed by atoms with Gasteiger partial charge in [-0.3, -0.25) is 4.68 Å². The standard InChI is InChI=1S/C17H24N2O/c1-4-14(3)19-9-8-17(18-19)11-16(12-20)15-7-5-6-13(2)10-15/h5-10,14,16,20H,4,11-12H2,1-3H3. The average molecular weight is 272 g/mol. The third kappa shape index (κ3) is 3.48. The van der Waals surface area contributed by atoms with Crippen molar-refractivity contribution in [3.8, 4) is 0 Å². The highest BCUT2D eigenvalue weighted by molar-refractivity contribution is 5.26. The topological polar surface area (TPSA) is 38.0 Å². The monoisotopic (exact) mass is 272 g/mol. The van der Waals surface area contributed by atoms with Gasteiger partial charge in [-0.25, -0.2) is 0 Å². The predicted molar refractivity (Wildman–Crippen MR) is 81.9 cm³/mol. The summed E-state index contributed by atoms with van der Waals surface area (Å²) in [6, 6.07) is 10.8. The molecule has 3 heteroatoms. The Balaban J connectivity index is 2.12. The van der Waals surface area contributed by atoms with E-state index in [4.69, 9.17) is 0 Å². The summed E-state index contributed by atoms with van der Waals surface area (Å²) in [6.45, 7) is 6.56. The van der Waals surface area contributed by atoms with Gasteiger partial charge in [0.25, 0.3) is 0 Å². The van der Waals surface area contributed by atoms with Crippen LogP contribution in [0.3, 0.4) is 0 Å². The van der Waals surface area contributed by atoms with Gasteiger partial charge in [0.15, 0.2) is 0 Å². The van der Waals surface area contributed by atoms with E-state index in [0.717, 1.165) is 18.5 Å². The average Bonchev–Trinajstić information content (AvgIpc) is 2.92. The van der Waals surface area contributed by atoms with Crippen molar-refractivity contribution in [3.63, 3.8) is 0 Å². The molecule has 0 radical (unpaired) electrons. The largest absolute Gasteiger partial charge is 0.396 e. The summed E-state index contributed by atoms with van der Waals surface area (Å²) in [4.78, 5) is 0. The zero-order valence-corrected chi connectivity index (χ0v) is 12.6. The summed E-state index contributed by atoms with van der Waals surface area (Å²) in [6.07, 6.45) is 3.89. The zero-order valence-electron chi connectivity index (χ0n) is 12.6. The van der Waals surface area contributed by atoms with Gasteiger partial charge in [-0.1, -0.05) is 36.8 Å². The summed E-state index contributed by atoms with van der Waals surface area (Å²) in [7, 11) is 0. The van der Waals surface area contributed by atoms with Crippen molar-refractivity contribution in [1.29, 1.82) is 0 Å². The first kappa shape index (κ1) is 14.8. The van der Waals surface area contributed by atoms with Crippen molar-refractivity contribution in [3.05, 3.63) is 53.3 Å². The number of aromatic nitrogens is 2. The van der Waals surface area contributed by atoms with Crippen molar-refractivity contribution in [2.45, 2.75) is 45.6 Å². The van der Waals surface area contributed by atoms with Crippen LogP contribution in [0.1, 0.15) is 49.0 Å². The maximum absolute atomic E-state index is 9.66. The molecule has 2 unspecified atom stereocenters. The normalized spacial score (nSPS) is 14.2. The molecule has 0 aliphatic rings. The van der Waals surface area contributed by atoms with Crippen LogP contribution in [-0.2, 0) is 6.42 Å². The highest BCUT2D eigenvalue weighted by atomic mass is 16.3. The third-order valence-corrected chi connectivity index (χ3v) is 3.90. The van der Waals surface area contributed by atoms with Crippen molar-refractivity contribution in [1.82, 2.24) is 9.78 Å². The van der Waals surface area contributed by atoms with Gasteiger partial charge in [-0.05, 0) is 31.9 Å². The van der Waals surface area contributed by atoms with Crippen LogP contribution in [0.25, 0.3) is 0 Å². The van der Waals surface area contributed by atoms with Crippen LogP contribution in [0.5, 0.6) is 0 Å². The highest BCUT2D eigenvalue weighted by Crippen LogP contribution is 2.21. The molecule has 0 aliphatic carbocycles. The first-order chi connectivity index (χ1) is 9.63. The molecule has 0 spiro atoms. The molecule has 1 heterocycles. The lowest BCUT2D eigenvalue weighted by atomic mass is 9.94. The van der Waals surface area contributed by atoms with E-state index in [-0.39, 0.29) is 12.5 Å². The van der Waals surface area contributed by atoms with E-state index < -0.39 is 0 Å².